The van der Waals surface area contributed by atoms with Crippen molar-refractivity contribution in [3.05, 3.63) is 48.0 Å². The number of hydrogen-bond acceptors (Lipinski definition) is 3. The largest absolute Gasteiger partial charge is 0.416 e. The van der Waals surface area contributed by atoms with Gasteiger partial charge in [0.1, 0.15) is 0 Å². The first kappa shape index (κ1) is 22.9. The number of amides is 1. The van der Waals surface area contributed by atoms with Gasteiger partial charge in [-0.2, -0.15) is 24.9 Å². The molecule has 0 spiro atoms. The molecule has 1 aromatic rings. The van der Waals surface area contributed by atoms with E-state index in [0.29, 0.717) is 18.1 Å². The van der Waals surface area contributed by atoms with E-state index in [1.54, 1.807) is 38.0 Å². The maximum Gasteiger partial charge on any atom is 0.416 e. The number of thioether (sulfide) groups is 1. The molecular weight excluding hydrogens is 377 g/mol. The summed E-state index contributed by atoms with van der Waals surface area (Å²) in [6, 6.07) is 5.04. The lowest BCUT2D eigenvalue weighted by atomic mass is 10.1. The van der Waals surface area contributed by atoms with Gasteiger partial charge in [0.25, 0.3) is 0 Å². The van der Waals surface area contributed by atoms with Crippen molar-refractivity contribution in [3.63, 3.8) is 0 Å². The fourth-order valence-electron chi connectivity index (χ4n) is 1.92. The zero-order chi connectivity index (χ0) is 20.3. The van der Waals surface area contributed by atoms with Crippen LogP contribution in [0.3, 0.4) is 0 Å². The Bertz CT molecular complexity index is 648. The number of rotatable bonds is 9. The van der Waals surface area contributed by atoms with Crippen LogP contribution < -0.4 is 10.6 Å². The van der Waals surface area contributed by atoms with Gasteiger partial charge in [0.2, 0.25) is 5.91 Å². The molecular formula is C18H25F3N4OS. The molecule has 0 atom stereocenters. The molecule has 0 saturated heterocycles. The number of guanidine groups is 1. The van der Waals surface area contributed by atoms with E-state index in [4.69, 9.17) is 0 Å². The lowest BCUT2D eigenvalue weighted by Crippen LogP contribution is -2.43. The fourth-order valence-corrected chi connectivity index (χ4v) is 2.50. The van der Waals surface area contributed by atoms with Gasteiger partial charge < -0.3 is 15.5 Å². The van der Waals surface area contributed by atoms with Crippen molar-refractivity contribution in [1.29, 1.82) is 0 Å². The Morgan fingerprint density at radius 2 is 2.07 bits per heavy atom. The number of carbonyl (C=O) groups excluding carboxylic acids is 1. The molecule has 1 rings (SSSR count). The number of nitrogens with one attached hydrogen (secondary N) is 2. The third kappa shape index (κ3) is 9.37. The highest BCUT2D eigenvalue weighted by Gasteiger charge is 2.30. The van der Waals surface area contributed by atoms with Crippen LogP contribution in [0, 0.1) is 0 Å². The van der Waals surface area contributed by atoms with Gasteiger partial charge in [-0.25, -0.2) is 4.99 Å². The Hall–Kier alpha value is -2.16. The average Bonchev–Trinajstić information content (AvgIpc) is 2.62. The SMILES string of the molecule is C=CCSCCNC(=NCc1cccc(C(F)(F)F)c1)NCC(=O)N(C)C. The van der Waals surface area contributed by atoms with Gasteiger partial charge in [0.05, 0.1) is 18.7 Å². The van der Waals surface area contributed by atoms with E-state index in [-0.39, 0.29) is 19.0 Å². The molecule has 2 N–H and O–H groups in total. The lowest BCUT2D eigenvalue weighted by molar-refractivity contribution is -0.137. The van der Waals surface area contributed by atoms with E-state index in [9.17, 15) is 18.0 Å². The number of carbonyl (C=O) groups is 1. The Balaban J connectivity index is 2.74. The molecule has 27 heavy (non-hydrogen) atoms. The van der Waals surface area contributed by atoms with E-state index in [2.05, 4.69) is 22.2 Å². The zero-order valence-corrected chi connectivity index (χ0v) is 16.3. The molecule has 0 bridgehead atoms. The van der Waals surface area contributed by atoms with Crippen LogP contribution in [0.4, 0.5) is 13.2 Å². The maximum atomic E-state index is 12.8. The van der Waals surface area contributed by atoms with E-state index in [1.165, 1.54) is 11.0 Å². The topological polar surface area (TPSA) is 56.7 Å². The highest BCUT2D eigenvalue weighted by atomic mass is 32.2. The van der Waals surface area contributed by atoms with Crippen molar-refractivity contribution in [3.8, 4) is 0 Å². The van der Waals surface area contributed by atoms with Gasteiger partial charge >= 0.3 is 6.18 Å². The second kappa shape index (κ2) is 11.5. The maximum absolute atomic E-state index is 12.8. The van der Waals surface area contributed by atoms with Crippen molar-refractivity contribution in [2.24, 2.45) is 4.99 Å². The molecule has 150 valence electrons. The minimum atomic E-state index is -4.39. The molecule has 9 heteroatoms. The van der Waals surface area contributed by atoms with Crippen molar-refractivity contribution in [1.82, 2.24) is 15.5 Å². The smallest absolute Gasteiger partial charge is 0.356 e. The monoisotopic (exact) mass is 402 g/mol. The minimum absolute atomic E-state index is 0.0429. The first-order valence-corrected chi connectivity index (χ1v) is 9.46. The van der Waals surface area contributed by atoms with E-state index in [0.717, 1.165) is 23.6 Å². The molecule has 0 fully saturated rings. The summed E-state index contributed by atoms with van der Waals surface area (Å²) in [7, 11) is 3.28. The van der Waals surface area contributed by atoms with Crippen LogP contribution in [0.25, 0.3) is 0 Å². The number of benzene rings is 1. The molecule has 0 heterocycles. The quantitative estimate of drug-likeness (QED) is 0.289. The Morgan fingerprint density at radius 1 is 1.33 bits per heavy atom. The normalized spacial score (nSPS) is 11.8. The summed E-state index contributed by atoms with van der Waals surface area (Å²) in [6.07, 6.45) is -2.58. The van der Waals surface area contributed by atoms with Crippen LogP contribution in [-0.2, 0) is 17.5 Å². The van der Waals surface area contributed by atoms with E-state index < -0.39 is 11.7 Å². The first-order chi connectivity index (χ1) is 12.7. The molecule has 0 unspecified atom stereocenters. The summed E-state index contributed by atoms with van der Waals surface area (Å²) >= 11 is 1.68. The first-order valence-electron chi connectivity index (χ1n) is 8.31. The molecule has 0 saturated carbocycles. The number of alkyl halides is 3. The van der Waals surface area contributed by atoms with Crippen LogP contribution in [0.1, 0.15) is 11.1 Å². The van der Waals surface area contributed by atoms with Gasteiger partial charge in [-0.3, -0.25) is 4.79 Å². The molecule has 0 aromatic heterocycles. The number of likely N-dealkylation sites (N-methyl/N-ethyl adjacent to an activating group) is 1. The van der Waals surface area contributed by atoms with E-state index >= 15 is 0 Å². The standard InChI is InChI=1S/C18H25F3N4OS/c1-4-9-27-10-8-22-17(24-13-16(26)25(2)3)23-12-14-6-5-7-15(11-14)18(19,20)21/h4-7,11H,1,8-10,12-13H2,2-3H3,(H2,22,23,24). The van der Waals surface area contributed by atoms with Crippen LogP contribution in [0.2, 0.25) is 0 Å². The fraction of sp³-hybridized carbons (Fsp3) is 0.444. The van der Waals surface area contributed by atoms with Crippen LogP contribution >= 0.6 is 11.8 Å². The van der Waals surface area contributed by atoms with Crippen LogP contribution in [0.5, 0.6) is 0 Å². The van der Waals surface area contributed by atoms with Gasteiger partial charge in [-0.15, -0.1) is 6.58 Å². The molecule has 5 nitrogen and oxygen atoms in total. The Morgan fingerprint density at radius 3 is 2.70 bits per heavy atom. The average molecular weight is 402 g/mol. The van der Waals surface area contributed by atoms with Crippen molar-refractivity contribution in [2.45, 2.75) is 12.7 Å². The predicted octanol–water partition coefficient (Wildman–Crippen LogP) is 2.75. The molecule has 1 amide bonds. The third-order valence-electron chi connectivity index (χ3n) is 3.35. The predicted molar refractivity (Wildman–Crippen MR) is 105 cm³/mol. The Kier molecular flexibility index (Phi) is 9.77. The molecule has 1 aromatic carbocycles. The molecule has 0 aliphatic heterocycles. The number of aliphatic imine (C=N–C) groups is 1. The van der Waals surface area contributed by atoms with Crippen molar-refractivity contribution in [2.75, 3.05) is 38.7 Å². The minimum Gasteiger partial charge on any atom is -0.356 e. The summed E-state index contributed by atoms with van der Waals surface area (Å²) in [6.45, 7) is 4.35. The van der Waals surface area contributed by atoms with E-state index in [1.807, 2.05) is 0 Å². The lowest BCUT2D eigenvalue weighted by Gasteiger charge is -2.15. The number of nitrogens with zero attached hydrogens (tertiary/aromatic N) is 2. The second-order valence-electron chi connectivity index (χ2n) is 5.80. The number of halogens is 3. The zero-order valence-electron chi connectivity index (χ0n) is 15.5. The highest BCUT2D eigenvalue weighted by molar-refractivity contribution is 7.99. The summed E-state index contributed by atoms with van der Waals surface area (Å²) in [4.78, 5) is 17.5. The van der Waals surface area contributed by atoms with Crippen molar-refractivity contribution < 1.29 is 18.0 Å². The van der Waals surface area contributed by atoms with Crippen LogP contribution in [0.15, 0.2) is 41.9 Å². The summed E-state index contributed by atoms with van der Waals surface area (Å²) in [5.74, 6) is 1.87. The molecule has 0 aliphatic rings. The van der Waals surface area contributed by atoms with Gasteiger partial charge in [0, 0.05) is 32.1 Å². The summed E-state index contributed by atoms with van der Waals surface area (Å²) in [5.41, 5.74) is -0.271. The van der Waals surface area contributed by atoms with Gasteiger partial charge in [0.15, 0.2) is 5.96 Å². The van der Waals surface area contributed by atoms with Crippen LogP contribution in [-0.4, -0.2) is 55.5 Å². The van der Waals surface area contributed by atoms with Gasteiger partial charge in [-0.1, -0.05) is 18.2 Å². The summed E-state index contributed by atoms with van der Waals surface area (Å²) < 4.78 is 38.4. The molecule has 0 aliphatic carbocycles. The highest BCUT2D eigenvalue weighted by Crippen LogP contribution is 2.29. The molecule has 0 radical (unpaired) electrons. The third-order valence-corrected chi connectivity index (χ3v) is 4.32. The van der Waals surface area contributed by atoms with Gasteiger partial charge in [-0.05, 0) is 17.7 Å². The number of hydrogen-bond donors (Lipinski definition) is 2. The second-order valence-corrected chi connectivity index (χ2v) is 6.94. The van der Waals surface area contributed by atoms with Crippen molar-refractivity contribution >= 4 is 23.6 Å². The Labute approximate surface area is 162 Å². The summed E-state index contributed by atoms with van der Waals surface area (Å²) in [5, 5.41) is 5.98.